The van der Waals surface area contributed by atoms with Gasteiger partial charge in [0.2, 0.25) is 0 Å². The Bertz CT molecular complexity index is 855. The fourth-order valence-electron chi connectivity index (χ4n) is 2.50. The molecule has 0 bridgehead atoms. The second-order valence-corrected chi connectivity index (χ2v) is 5.91. The third-order valence-electron chi connectivity index (χ3n) is 3.82. The maximum Gasteiger partial charge on any atom is 0.338 e. The zero-order chi connectivity index (χ0) is 17.6. The summed E-state index contributed by atoms with van der Waals surface area (Å²) in [4.78, 5) is 11.9. The molecule has 3 rings (SSSR count). The van der Waals surface area contributed by atoms with E-state index in [1.165, 1.54) is 7.11 Å². The highest BCUT2D eigenvalue weighted by Gasteiger charge is 2.12. The maximum absolute atomic E-state index is 11.9. The first-order valence-corrected chi connectivity index (χ1v) is 8.20. The van der Waals surface area contributed by atoms with Crippen molar-refractivity contribution in [1.29, 1.82) is 0 Å². The van der Waals surface area contributed by atoms with E-state index >= 15 is 0 Å². The van der Waals surface area contributed by atoms with Gasteiger partial charge in [-0.05, 0) is 47.0 Å². The summed E-state index contributed by atoms with van der Waals surface area (Å²) in [5.74, 6) is 0.410. The summed E-state index contributed by atoms with van der Waals surface area (Å²) in [7, 11) is 1.38. The average Bonchev–Trinajstić information content (AvgIpc) is 2.67. The van der Waals surface area contributed by atoms with Crippen molar-refractivity contribution < 1.29 is 14.3 Å². The van der Waals surface area contributed by atoms with E-state index in [1.807, 2.05) is 66.7 Å². The molecule has 3 nitrogen and oxygen atoms in total. The second kappa shape index (κ2) is 7.86. The van der Waals surface area contributed by atoms with E-state index in [0.717, 1.165) is 22.4 Å². The number of hydrogen-bond donors (Lipinski definition) is 0. The number of ether oxygens (including phenoxy) is 2. The molecule has 0 spiro atoms. The molecule has 0 aliphatic heterocycles. The first-order valence-electron chi connectivity index (χ1n) is 7.82. The van der Waals surface area contributed by atoms with Crippen LogP contribution in [0, 0.1) is 0 Å². The molecule has 3 aromatic rings. The molecule has 4 heteroatoms. The molecule has 0 saturated carbocycles. The van der Waals surface area contributed by atoms with Crippen LogP contribution in [0.4, 0.5) is 0 Å². The number of carbonyl (C=O) groups excluding carboxylic acids is 1. The van der Waals surface area contributed by atoms with Gasteiger partial charge in [-0.25, -0.2) is 4.79 Å². The minimum atomic E-state index is -0.348. The monoisotopic (exact) mass is 352 g/mol. The highest BCUT2D eigenvalue weighted by atomic mass is 35.5. The number of halogens is 1. The van der Waals surface area contributed by atoms with Crippen LogP contribution in [0.15, 0.2) is 72.8 Å². The molecule has 126 valence electrons. The quantitative estimate of drug-likeness (QED) is 0.579. The molecular formula is C21H17ClO3. The van der Waals surface area contributed by atoms with Crippen molar-refractivity contribution in [2.45, 2.75) is 6.61 Å². The minimum absolute atomic E-state index is 0.348. The van der Waals surface area contributed by atoms with E-state index < -0.39 is 0 Å². The summed E-state index contributed by atoms with van der Waals surface area (Å²) >= 11 is 5.88. The summed E-state index contributed by atoms with van der Waals surface area (Å²) < 4.78 is 10.6. The van der Waals surface area contributed by atoms with Crippen LogP contribution in [-0.2, 0) is 11.3 Å². The summed E-state index contributed by atoms with van der Waals surface area (Å²) in [5, 5.41) is 0.706. The van der Waals surface area contributed by atoms with Crippen molar-refractivity contribution in [3.8, 4) is 16.9 Å². The zero-order valence-electron chi connectivity index (χ0n) is 13.7. The Kier molecular flexibility index (Phi) is 5.36. The lowest BCUT2D eigenvalue weighted by molar-refractivity contribution is 0.0601. The highest BCUT2D eigenvalue weighted by Crippen LogP contribution is 2.26. The fraction of sp³-hybridized carbons (Fsp3) is 0.0952. The Hall–Kier alpha value is -2.78. The molecule has 25 heavy (non-hydrogen) atoms. The number of esters is 1. The van der Waals surface area contributed by atoms with Crippen LogP contribution in [0.3, 0.4) is 0 Å². The Morgan fingerprint density at radius 1 is 0.920 bits per heavy atom. The molecule has 0 unspecified atom stereocenters. The summed E-state index contributed by atoms with van der Waals surface area (Å²) in [6.07, 6.45) is 0. The molecule has 0 aliphatic carbocycles. The van der Waals surface area contributed by atoms with E-state index in [9.17, 15) is 4.79 Å². The van der Waals surface area contributed by atoms with E-state index in [2.05, 4.69) is 0 Å². The van der Waals surface area contributed by atoms with Crippen molar-refractivity contribution in [1.82, 2.24) is 0 Å². The van der Waals surface area contributed by atoms with Crippen LogP contribution in [-0.4, -0.2) is 13.1 Å². The topological polar surface area (TPSA) is 35.5 Å². The highest BCUT2D eigenvalue weighted by molar-refractivity contribution is 6.30. The number of methoxy groups -OCH3 is 1. The van der Waals surface area contributed by atoms with Gasteiger partial charge in [-0.15, -0.1) is 0 Å². The molecule has 0 aliphatic rings. The smallest absolute Gasteiger partial charge is 0.338 e. The van der Waals surface area contributed by atoms with Gasteiger partial charge >= 0.3 is 5.97 Å². The van der Waals surface area contributed by atoms with E-state index in [0.29, 0.717) is 17.2 Å². The number of carbonyl (C=O) groups is 1. The van der Waals surface area contributed by atoms with Gasteiger partial charge in [-0.3, -0.25) is 0 Å². The first-order chi connectivity index (χ1) is 12.2. The maximum atomic E-state index is 11.9. The van der Waals surface area contributed by atoms with Gasteiger partial charge in [0.1, 0.15) is 12.4 Å². The van der Waals surface area contributed by atoms with E-state index in [-0.39, 0.29) is 5.97 Å². The lowest BCUT2D eigenvalue weighted by Crippen LogP contribution is -2.03. The van der Waals surface area contributed by atoms with Crippen molar-refractivity contribution in [3.63, 3.8) is 0 Å². The molecule has 0 saturated heterocycles. The fourth-order valence-corrected chi connectivity index (χ4v) is 2.63. The second-order valence-electron chi connectivity index (χ2n) is 5.48. The molecule has 0 atom stereocenters. The van der Waals surface area contributed by atoms with Crippen LogP contribution < -0.4 is 4.74 Å². The molecule has 3 aromatic carbocycles. The lowest BCUT2D eigenvalue weighted by Gasteiger charge is -2.10. The van der Waals surface area contributed by atoms with Gasteiger partial charge in [0.25, 0.3) is 0 Å². The Morgan fingerprint density at radius 3 is 2.28 bits per heavy atom. The molecule has 0 aromatic heterocycles. The molecule has 0 radical (unpaired) electrons. The summed E-state index contributed by atoms with van der Waals surface area (Å²) in [6, 6.07) is 22.6. The van der Waals surface area contributed by atoms with Gasteiger partial charge < -0.3 is 9.47 Å². The van der Waals surface area contributed by atoms with Gasteiger partial charge in [-0.1, -0.05) is 54.1 Å². The van der Waals surface area contributed by atoms with Crippen LogP contribution in [0.2, 0.25) is 5.02 Å². The van der Waals surface area contributed by atoms with Gasteiger partial charge in [0.15, 0.2) is 0 Å². The number of benzene rings is 3. The normalized spacial score (nSPS) is 10.3. The Balaban J connectivity index is 1.74. The van der Waals surface area contributed by atoms with Crippen LogP contribution in [0.5, 0.6) is 5.75 Å². The molecule has 0 amide bonds. The van der Waals surface area contributed by atoms with Crippen LogP contribution >= 0.6 is 11.6 Å². The van der Waals surface area contributed by atoms with E-state index in [4.69, 9.17) is 21.1 Å². The van der Waals surface area contributed by atoms with Crippen molar-refractivity contribution in [2.75, 3.05) is 7.11 Å². The van der Waals surface area contributed by atoms with Crippen LogP contribution in [0.1, 0.15) is 15.9 Å². The largest absolute Gasteiger partial charge is 0.489 e. The van der Waals surface area contributed by atoms with E-state index in [1.54, 1.807) is 6.07 Å². The number of rotatable bonds is 5. The zero-order valence-corrected chi connectivity index (χ0v) is 14.5. The average molecular weight is 353 g/mol. The molecule has 0 fully saturated rings. The minimum Gasteiger partial charge on any atom is -0.489 e. The Labute approximate surface area is 151 Å². The third-order valence-corrected chi connectivity index (χ3v) is 4.07. The predicted octanol–water partition coefficient (Wildman–Crippen LogP) is 5.37. The Morgan fingerprint density at radius 2 is 1.60 bits per heavy atom. The van der Waals surface area contributed by atoms with Crippen molar-refractivity contribution in [3.05, 3.63) is 88.9 Å². The van der Waals surface area contributed by atoms with Crippen LogP contribution in [0.25, 0.3) is 11.1 Å². The SMILES string of the molecule is COC(=O)c1ccccc1-c1ccc(OCc2ccc(Cl)cc2)cc1. The van der Waals surface area contributed by atoms with Gasteiger partial charge in [0, 0.05) is 5.02 Å². The molecule has 0 N–H and O–H groups in total. The predicted molar refractivity (Wildman–Crippen MR) is 99.0 cm³/mol. The van der Waals surface area contributed by atoms with Gasteiger partial charge in [-0.2, -0.15) is 0 Å². The first kappa shape index (κ1) is 17.1. The van der Waals surface area contributed by atoms with Crippen molar-refractivity contribution in [2.24, 2.45) is 0 Å². The standard InChI is InChI=1S/C21H17ClO3/c1-24-21(23)20-5-3-2-4-19(20)16-8-12-18(13-9-16)25-14-15-6-10-17(22)11-7-15/h2-13H,14H2,1H3. The molecule has 0 heterocycles. The molecular weight excluding hydrogens is 336 g/mol. The third kappa shape index (κ3) is 4.20. The number of hydrogen-bond acceptors (Lipinski definition) is 3. The summed E-state index contributed by atoms with van der Waals surface area (Å²) in [5.41, 5.74) is 3.35. The van der Waals surface area contributed by atoms with Crippen molar-refractivity contribution >= 4 is 17.6 Å². The lowest BCUT2D eigenvalue weighted by atomic mass is 10.00. The van der Waals surface area contributed by atoms with Gasteiger partial charge in [0.05, 0.1) is 12.7 Å². The summed E-state index contributed by atoms with van der Waals surface area (Å²) in [6.45, 7) is 0.468.